The van der Waals surface area contributed by atoms with Crippen LogP contribution in [0.3, 0.4) is 0 Å². The third-order valence-corrected chi connectivity index (χ3v) is 2.92. The monoisotopic (exact) mass is 289 g/mol. The number of nitrogens with two attached hydrogens (primary N) is 1. The molecule has 2 rings (SSSR count). The zero-order valence-electron chi connectivity index (χ0n) is 10.8. The van der Waals surface area contributed by atoms with Crippen LogP contribution in [-0.4, -0.2) is 17.6 Å². The Balaban J connectivity index is 0.00000180. The van der Waals surface area contributed by atoms with Crippen molar-refractivity contribution in [2.24, 2.45) is 11.3 Å². The minimum atomic E-state index is -0.546. The molecular weight excluding hydrogens is 273 g/mol. The van der Waals surface area contributed by atoms with Gasteiger partial charge in [-0.25, -0.2) is 9.45 Å². The number of hydroxylamine groups is 2. The average molecular weight is 290 g/mol. The fourth-order valence-electron chi connectivity index (χ4n) is 1.73. The van der Waals surface area contributed by atoms with Crippen LogP contribution < -0.4 is 11.3 Å². The van der Waals surface area contributed by atoms with E-state index in [0.717, 1.165) is 0 Å². The number of nitrogens with zero attached hydrogens (tertiary/aromatic N) is 1. The molecular formula is C12H17ClFN3O2. The first-order chi connectivity index (χ1) is 8.44. The summed E-state index contributed by atoms with van der Waals surface area (Å²) in [4.78, 5) is 17.2. The molecule has 19 heavy (non-hydrogen) atoms. The van der Waals surface area contributed by atoms with E-state index in [1.807, 2.05) is 0 Å². The number of halogens is 2. The lowest BCUT2D eigenvalue weighted by atomic mass is 9.95. The number of rotatable bonds is 3. The van der Waals surface area contributed by atoms with E-state index in [0.29, 0.717) is 17.9 Å². The summed E-state index contributed by atoms with van der Waals surface area (Å²) in [5, 5.41) is 1.20. The second-order valence-corrected chi connectivity index (χ2v) is 4.95. The van der Waals surface area contributed by atoms with Crippen molar-refractivity contribution in [2.75, 3.05) is 12.0 Å². The van der Waals surface area contributed by atoms with Gasteiger partial charge in [0.15, 0.2) is 0 Å². The lowest BCUT2D eigenvalue weighted by Gasteiger charge is -2.17. The summed E-state index contributed by atoms with van der Waals surface area (Å²) in [5.74, 6) is 4.62. The molecule has 0 aromatic heterocycles. The summed E-state index contributed by atoms with van der Waals surface area (Å²) < 4.78 is 13.7. The Kier molecular flexibility index (Phi) is 4.73. The molecule has 0 unspecified atom stereocenters. The first kappa shape index (κ1) is 15.7. The highest BCUT2D eigenvalue weighted by Gasteiger charge is 2.40. The van der Waals surface area contributed by atoms with Crippen LogP contribution in [0.25, 0.3) is 0 Å². The zero-order valence-corrected chi connectivity index (χ0v) is 11.6. The van der Waals surface area contributed by atoms with Crippen molar-refractivity contribution >= 4 is 24.0 Å². The maximum absolute atomic E-state index is 13.7. The predicted molar refractivity (Wildman–Crippen MR) is 71.7 cm³/mol. The largest absolute Gasteiger partial charge is 0.324 e. The lowest BCUT2D eigenvalue weighted by Crippen LogP contribution is -2.30. The van der Waals surface area contributed by atoms with Gasteiger partial charge in [0, 0.05) is 5.56 Å². The smallest absolute Gasteiger partial charge is 0.254 e. The van der Waals surface area contributed by atoms with Gasteiger partial charge in [0.05, 0.1) is 24.3 Å². The van der Waals surface area contributed by atoms with Gasteiger partial charge in [0.25, 0.3) is 5.91 Å². The molecule has 1 aliphatic rings. The van der Waals surface area contributed by atoms with Crippen molar-refractivity contribution in [1.29, 1.82) is 0 Å². The fourth-order valence-corrected chi connectivity index (χ4v) is 1.73. The summed E-state index contributed by atoms with van der Waals surface area (Å²) in [6.07, 6.45) is 0. The predicted octanol–water partition coefficient (Wildman–Crippen LogP) is 1.83. The van der Waals surface area contributed by atoms with Crippen molar-refractivity contribution in [3.63, 3.8) is 0 Å². The number of anilines is 1. The quantitative estimate of drug-likeness (QED) is 0.658. The fraction of sp³-hybridized carbons (Fsp3) is 0.417. The van der Waals surface area contributed by atoms with Crippen LogP contribution >= 0.6 is 12.4 Å². The normalized spacial score (nSPS) is 17.3. The highest BCUT2D eigenvalue weighted by atomic mass is 35.5. The molecule has 1 saturated heterocycles. The average Bonchev–Trinajstić information content (AvgIpc) is 2.58. The minimum absolute atomic E-state index is 0. The van der Waals surface area contributed by atoms with E-state index in [2.05, 4.69) is 5.43 Å². The van der Waals surface area contributed by atoms with Gasteiger partial charge in [-0.05, 0) is 26.0 Å². The Morgan fingerprint density at radius 3 is 2.68 bits per heavy atom. The highest BCUT2D eigenvalue weighted by molar-refractivity contribution is 5.85. The topological polar surface area (TPSA) is 67.6 Å². The molecule has 5 nitrogen and oxygen atoms in total. The van der Waals surface area contributed by atoms with Gasteiger partial charge in [-0.2, -0.15) is 0 Å². The number of carbonyl (C=O) groups is 1. The van der Waals surface area contributed by atoms with Gasteiger partial charge in [-0.1, -0.05) is 6.07 Å². The molecule has 1 aliphatic heterocycles. The van der Waals surface area contributed by atoms with E-state index >= 15 is 0 Å². The minimum Gasteiger partial charge on any atom is -0.324 e. The number of benzene rings is 1. The van der Waals surface area contributed by atoms with Crippen LogP contribution in [0.4, 0.5) is 10.1 Å². The molecule has 0 bridgehead atoms. The molecule has 1 amide bonds. The summed E-state index contributed by atoms with van der Waals surface area (Å²) in [5.41, 5.74) is 2.68. The van der Waals surface area contributed by atoms with Crippen molar-refractivity contribution in [3.8, 4) is 0 Å². The Morgan fingerprint density at radius 2 is 2.21 bits per heavy atom. The number of nitrogens with one attached hydrogen (secondary N) is 1. The summed E-state index contributed by atoms with van der Waals surface area (Å²) in [6, 6.07) is 4.50. The van der Waals surface area contributed by atoms with E-state index in [-0.39, 0.29) is 24.9 Å². The second-order valence-electron chi connectivity index (χ2n) is 4.95. The summed E-state index contributed by atoms with van der Waals surface area (Å²) in [6.45, 7) is 4.01. The van der Waals surface area contributed by atoms with Crippen molar-refractivity contribution in [2.45, 2.75) is 20.4 Å². The third-order valence-electron chi connectivity index (χ3n) is 2.92. The molecule has 0 radical (unpaired) electrons. The van der Waals surface area contributed by atoms with Gasteiger partial charge in [0.1, 0.15) is 5.82 Å². The molecule has 7 heteroatoms. The second kappa shape index (κ2) is 5.73. The molecule has 0 aliphatic carbocycles. The van der Waals surface area contributed by atoms with Crippen molar-refractivity contribution in [3.05, 3.63) is 29.6 Å². The Morgan fingerprint density at radius 1 is 1.53 bits per heavy atom. The number of nitrogen functional groups attached to an aromatic ring is 1. The molecule has 3 N–H and O–H groups in total. The number of carbonyl (C=O) groups excluding carboxylic acids is 1. The first-order valence-corrected chi connectivity index (χ1v) is 5.64. The van der Waals surface area contributed by atoms with E-state index in [1.165, 1.54) is 11.1 Å². The number of hydrazine groups is 1. The lowest BCUT2D eigenvalue weighted by molar-refractivity contribution is -0.165. The van der Waals surface area contributed by atoms with Crippen LogP contribution in [0, 0.1) is 11.2 Å². The van der Waals surface area contributed by atoms with Gasteiger partial charge >= 0.3 is 0 Å². The van der Waals surface area contributed by atoms with Gasteiger partial charge in [-0.3, -0.25) is 15.5 Å². The number of hydrogen-bond donors (Lipinski definition) is 2. The van der Waals surface area contributed by atoms with E-state index in [1.54, 1.807) is 26.0 Å². The maximum Gasteiger partial charge on any atom is 0.254 e. The molecule has 1 fully saturated rings. The molecule has 1 aromatic rings. The molecule has 1 aromatic carbocycles. The highest BCUT2D eigenvalue weighted by Crippen LogP contribution is 2.28. The van der Waals surface area contributed by atoms with Crippen molar-refractivity contribution < 1.29 is 14.0 Å². The summed E-state index contributed by atoms with van der Waals surface area (Å²) in [7, 11) is 0. The molecule has 106 valence electrons. The van der Waals surface area contributed by atoms with E-state index in [9.17, 15) is 9.18 Å². The number of amides is 1. The molecule has 0 atom stereocenters. The molecule has 1 heterocycles. The van der Waals surface area contributed by atoms with Crippen LogP contribution in [0.1, 0.15) is 19.4 Å². The first-order valence-electron chi connectivity index (χ1n) is 5.64. The Labute approximate surface area is 117 Å². The zero-order chi connectivity index (χ0) is 13.3. The van der Waals surface area contributed by atoms with Crippen LogP contribution in [0.15, 0.2) is 18.2 Å². The van der Waals surface area contributed by atoms with Gasteiger partial charge < -0.3 is 5.43 Å². The van der Waals surface area contributed by atoms with E-state index < -0.39 is 11.2 Å². The van der Waals surface area contributed by atoms with E-state index in [4.69, 9.17) is 10.7 Å². The molecule has 0 saturated carbocycles. The van der Waals surface area contributed by atoms with Gasteiger partial charge in [0.2, 0.25) is 0 Å². The van der Waals surface area contributed by atoms with Crippen LogP contribution in [-0.2, 0) is 16.2 Å². The standard InChI is InChI=1S/C12H16FN3O2.ClH/c1-12(2)7-18-16(11(12)17)6-8-3-4-9(15-14)5-10(8)13;/h3-5,15H,6-7,14H2,1-2H3;1H. The SMILES string of the molecule is CC1(C)CON(Cc2ccc(NN)cc2F)C1=O.Cl. The number of hydrogen-bond acceptors (Lipinski definition) is 4. The third kappa shape index (κ3) is 3.15. The molecule has 0 spiro atoms. The van der Waals surface area contributed by atoms with Crippen LogP contribution in [0.2, 0.25) is 0 Å². The Hall–Kier alpha value is -1.37. The van der Waals surface area contributed by atoms with Crippen molar-refractivity contribution in [1.82, 2.24) is 5.06 Å². The summed E-state index contributed by atoms with van der Waals surface area (Å²) >= 11 is 0. The maximum atomic E-state index is 13.7. The van der Waals surface area contributed by atoms with Gasteiger partial charge in [-0.15, -0.1) is 12.4 Å². The van der Waals surface area contributed by atoms with Crippen LogP contribution in [0.5, 0.6) is 0 Å². The Bertz CT molecular complexity index is 482.